The summed E-state index contributed by atoms with van der Waals surface area (Å²) in [6.45, 7) is 12.1. The van der Waals surface area contributed by atoms with Crippen LogP contribution < -0.4 is 10.6 Å². The van der Waals surface area contributed by atoms with Gasteiger partial charge in [0.05, 0.1) is 22.5 Å². The molecular weight excluding hydrogens is 583 g/mol. The van der Waals surface area contributed by atoms with E-state index < -0.39 is 53.7 Å². The summed E-state index contributed by atoms with van der Waals surface area (Å²) < 4.78 is 46.3. The maximum atomic E-state index is 13.9. The molecular formula is C30H34F3N5O4S. The van der Waals surface area contributed by atoms with Crippen molar-refractivity contribution in [1.29, 1.82) is 5.26 Å². The second-order valence-corrected chi connectivity index (χ2v) is 13.4. The first-order chi connectivity index (χ1) is 19.9. The molecule has 2 aromatic rings. The van der Waals surface area contributed by atoms with Gasteiger partial charge < -0.3 is 20.3 Å². The summed E-state index contributed by atoms with van der Waals surface area (Å²) in [6, 6.07) is -1.83. The second kappa shape index (κ2) is 11.4. The molecule has 2 aromatic heterocycles. The van der Waals surface area contributed by atoms with Crippen LogP contribution in [-0.4, -0.2) is 64.1 Å². The summed E-state index contributed by atoms with van der Waals surface area (Å²) in [5.74, 6) is 1.66. The number of hydrogen-bond acceptors (Lipinski definition) is 7. The number of carbonyl (C=O) groups excluding carboxylic acids is 3. The van der Waals surface area contributed by atoms with Crippen molar-refractivity contribution in [1.82, 2.24) is 20.5 Å². The van der Waals surface area contributed by atoms with E-state index in [1.165, 1.54) is 29.4 Å². The zero-order chi connectivity index (χ0) is 32.1. The quantitative estimate of drug-likeness (QED) is 0.452. The van der Waals surface area contributed by atoms with Gasteiger partial charge in [-0.05, 0) is 51.9 Å². The van der Waals surface area contributed by atoms with E-state index in [1.54, 1.807) is 39.2 Å². The summed E-state index contributed by atoms with van der Waals surface area (Å²) in [5, 5.41) is 17.2. The number of pyridine rings is 1. The molecule has 1 unspecified atom stereocenters. The number of fused-ring (bicyclic) bond motifs is 2. The lowest BCUT2D eigenvalue weighted by molar-refractivity contribution is -0.177. The number of ether oxygens (including phenoxy) is 1. The Morgan fingerprint density at radius 1 is 1.21 bits per heavy atom. The summed E-state index contributed by atoms with van der Waals surface area (Å²) in [4.78, 5) is 45.2. The molecule has 6 atom stereocenters. The lowest BCUT2D eigenvalue weighted by Gasteiger charge is -2.36. The standard InChI is InChI=1S/C30H34F3N5O4S/c1-8-9-16-14-43-20-12-35-11-17(21(16)20)19(10-34)36-25(39)24-22-18(29(22,6)7)13-38(24)26(40)23(15(2)42-28(3,4)5)37-27(41)30(31,32)33/h11-12,14-15,18-19,22-24H,13H2,1-7H3,(H,36,39)(H,37,41)/t15-,18+,19?,22+,23+,24+/m1/s1. The van der Waals surface area contributed by atoms with Crippen LogP contribution in [0.15, 0.2) is 17.8 Å². The number of nitriles is 1. The Morgan fingerprint density at radius 3 is 2.47 bits per heavy atom. The van der Waals surface area contributed by atoms with Crippen LogP contribution in [0.25, 0.3) is 10.1 Å². The minimum Gasteiger partial charge on any atom is -0.370 e. The summed E-state index contributed by atoms with van der Waals surface area (Å²) in [7, 11) is 0. The SMILES string of the molecule is CC#Cc1csc2cncc(C(C#N)NC(=O)[C@@H]3[C@@H]4[C@H](CN3C(=O)[C@@H](NC(=O)C(F)(F)F)[C@@H](C)OC(C)(C)C)C4(C)C)c12. The van der Waals surface area contributed by atoms with E-state index in [-0.39, 0.29) is 23.8 Å². The van der Waals surface area contributed by atoms with Crippen LogP contribution in [0, 0.1) is 40.4 Å². The number of aromatic nitrogens is 1. The van der Waals surface area contributed by atoms with Crippen LogP contribution in [-0.2, 0) is 19.1 Å². The van der Waals surface area contributed by atoms with E-state index in [9.17, 15) is 32.8 Å². The first-order valence-electron chi connectivity index (χ1n) is 13.8. The topological polar surface area (TPSA) is 124 Å². The molecule has 2 aliphatic rings. The number of alkyl halides is 3. The number of piperidine rings is 1. The van der Waals surface area contributed by atoms with Gasteiger partial charge in [-0.25, -0.2) is 0 Å². The fourth-order valence-electron chi connectivity index (χ4n) is 6.09. The van der Waals surface area contributed by atoms with Gasteiger partial charge >= 0.3 is 12.1 Å². The molecule has 0 spiro atoms. The fourth-order valence-corrected chi connectivity index (χ4v) is 6.98. The third-order valence-corrected chi connectivity index (χ3v) is 9.00. The molecule has 2 fully saturated rings. The number of amides is 3. The number of carbonyl (C=O) groups is 3. The van der Waals surface area contributed by atoms with Gasteiger partial charge in [-0.2, -0.15) is 18.4 Å². The molecule has 230 valence electrons. The number of likely N-dealkylation sites (tertiary alicyclic amines) is 1. The first kappa shape index (κ1) is 32.2. The molecule has 1 saturated heterocycles. The van der Waals surface area contributed by atoms with Crippen molar-refractivity contribution in [2.45, 2.75) is 84.5 Å². The number of hydrogen-bond donors (Lipinski definition) is 2. The Bertz CT molecular complexity index is 1550. The highest BCUT2D eigenvalue weighted by Gasteiger charge is 2.69. The Hall–Kier alpha value is -3.68. The summed E-state index contributed by atoms with van der Waals surface area (Å²) in [6.07, 6.45) is -3.26. The number of nitrogens with one attached hydrogen (secondary N) is 2. The molecule has 9 nitrogen and oxygen atoms in total. The molecule has 13 heteroatoms. The molecule has 3 heterocycles. The van der Waals surface area contributed by atoms with Gasteiger partial charge in [-0.1, -0.05) is 19.8 Å². The predicted molar refractivity (Wildman–Crippen MR) is 153 cm³/mol. The molecule has 1 aliphatic carbocycles. The molecule has 1 aliphatic heterocycles. The van der Waals surface area contributed by atoms with Crippen LogP contribution in [0.5, 0.6) is 0 Å². The fraction of sp³-hybridized carbons (Fsp3) is 0.567. The average molecular weight is 618 g/mol. The number of rotatable bonds is 7. The van der Waals surface area contributed by atoms with E-state index in [0.29, 0.717) is 16.5 Å². The van der Waals surface area contributed by atoms with Crippen LogP contribution in [0.4, 0.5) is 13.2 Å². The maximum Gasteiger partial charge on any atom is 0.471 e. The van der Waals surface area contributed by atoms with E-state index in [2.05, 4.69) is 28.2 Å². The molecule has 0 bridgehead atoms. The van der Waals surface area contributed by atoms with Crippen molar-refractivity contribution < 1.29 is 32.3 Å². The zero-order valence-electron chi connectivity index (χ0n) is 24.9. The van der Waals surface area contributed by atoms with Crippen LogP contribution in [0.1, 0.15) is 65.6 Å². The molecule has 0 aromatic carbocycles. The van der Waals surface area contributed by atoms with Crippen molar-refractivity contribution in [3.8, 4) is 17.9 Å². The van der Waals surface area contributed by atoms with E-state index in [1.807, 2.05) is 19.2 Å². The Kier molecular flexibility index (Phi) is 8.57. The lowest BCUT2D eigenvalue weighted by Crippen LogP contribution is -2.61. The van der Waals surface area contributed by atoms with Crippen LogP contribution in [0.2, 0.25) is 0 Å². The molecule has 43 heavy (non-hydrogen) atoms. The van der Waals surface area contributed by atoms with Crippen molar-refractivity contribution in [3.63, 3.8) is 0 Å². The Morgan fingerprint density at radius 2 is 1.88 bits per heavy atom. The molecule has 1 saturated carbocycles. The smallest absolute Gasteiger partial charge is 0.370 e. The van der Waals surface area contributed by atoms with Crippen LogP contribution >= 0.6 is 11.3 Å². The molecule has 4 rings (SSSR count). The minimum atomic E-state index is -5.23. The van der Waals surface area contributed by atoms with Crippen molar-refractivity contribution in [3.05, 3.63) is 28.9 Å². The summed E-state index contributed by atoms with van der Waals surface area (Å²) >= 11 is 1.40. The van der Waals surface area contributed by atoms with Crippen molar-refractivity contribution in [2.24, 2.45) is 17.3 Å². The number of halogens is 3. The monoisotopic (exact) mass is 617 g/mol. The number of thiophene rings is 1. The van der Waals surface area contributed by atoms with Gasteiger partial charge in [0.1, 0.15) is 18.1 Å². The normalized spacial score (nSPS) is 22.8. The molecule has 0 radical (unpaired) electrons. The highest BCUT2D eigenvalue weighted by atomic mass is 32.1. The zero-order valence-corrected chi connectivity index (χ0v) is 25.7. The predicted octanol–water partition coefficient (Wildman–Crippen LogP) is 4.08. The molecule has 2 N–H and O–H groups in total. The highest BCUT2D eigenvalue weighted by molar-refractivity contribution is 7.17. The second-order valence-electron chi connectivity index (χ2n) is 12.5. The third kappa shape index (κ3) is 6.34. The van der Waals surface area contributed by atoms with Gasteiger partial charge in [0.25, 0.3) is 0 Å². The Balaban J connectivity index is 1.66. The van der Waals surface area contributed by atoms with Crippen molar-refractivity contribution >= 4 is 39.1 Å². The highest BCUT2D eigenvalue weighted by Crippen LogP contribution is 2.65. The van der Waals surface area contributed by atoms with Gasteiger partial charge in [-0.15, -0.1) is 17.3 Å². The van der Waals surface area contributed by atoms with Gasteiger partial charge in [0.2, 0.25) is 11.8 Å². The van der Waals surface area contributed by atoms with E-state index in [0.717, 1.165) is 4.70 Å². The van der Waals surface area contributed by atoms with Gasteiger partial charge in [0.15, 0.2) is 0 Å². The lowest BCUT2D eigenvalue weighted by atomic mass is 9.98. The van der Waals surface area contributed by atoms with Crippen molar-refractivity contribution in [2.75, 3.05) is 6.54 Å². The third-order valence-electron chi connectivity index (χ3n) is 8.08. The van der Waals surface area contributed by atoms with E-state index in [4.69, 9.17) is 4.74 Å². The van der Waals surface area contributed by atoms with Gasteiger partial charge in [-0.3, -0.25) is 19.4 Å². The Labute approximate surface area is 252 Å². The largest absolute Gasteiger partial charge is 0.471 e. The molecule has 3 amide bonds. The maximum absolute atomic E-state index is 13.9. The van der Waals surface area contributed by atoms with Crippen LogP contribution in [0.3, 0.4) is 0 Å². The first-order valence-corrected chi connectivity index (χ1v) is 14.6. The summed E-state index contributed by atoms with van der Waals surface area (Å²) in [5.41, 5.74) is -0.0355. The minimum absolute atomic E-state index is 0.0982. The van der Waals surface area contributed by atoms with E-state index >= 15 is 0 Å². The van der Waals surface area contributed by atoms with Gasteiger partial charge in [0, 0.05) is 40.8 Å². The average Bonchev–Trinajstić information content (AvgIpc) is 3.26. The number of nitrogens with zero attached hydrogens (tertiary/aromatic N) is 3.